The first-order chi connectivity index (χ1) is 9.43. The first-order valence-corrected chi connectivity index (χ1v) is 6.87. The summed E-state index contributed by atoms with van der Waals surface area (Å²) in [7, 11) is 0. The fourth-order valence-corrected chi connectivity index (χ4v) is 1.98. The van der Waals surface area contributed by atoms with E-state index >= 15 is 0 Å². The molecular formula is C13H16Cl2N2O3. The van der Waals surface area contributed by atoms with Crippen LogP contribution < -0.4 is 10.6 Å². The standard InChI is InChI=1S/C13H16Cl2N2O3/c1-8(3-2-6-18)16-12(19)13(20)17-11-5-4-9(14)7-10(11)15/h4-5,7-8,18H,2-3,6H2,1H3,(H,16,19)(H,17,20). The molecule has 0 saturated carbocycles. The quantitative estimate of drug-likeness (QED) is 0.728. The molecule has 0 aromatic heterocycles. The second kappa shape index (κ2) is 8.09. The summed E-state index contributed by atoms with van der Waals surface area (Å²) in [4.78, 5) is 23.3. The maximum Gasteiger partial charge on any atom is 0.313 e. The summed E-state index contributed by atoms with van der Waals surface area (Å²) in [5, 5.41) is 14.3. The number of hydrogen-bond acceptors (Lipinski definition) is 3. The number of rotatable bonds is 5. The molecule has 1 unspecified atom stereocenters. The first-order valence-electron chi connectivity index (χ1n) is 6.11. The molecule has 110 valence electrons. The third-order valence-corrected chi connectivity index (χ3v) is 3.11. The van der Waals surface area contributed by atoms with Crippen LogP contribution in [0.2, 0.25) is 10.0 Å². The minimum atomic E-state index is -0.801. The van der Waals surface area contributed by atoms with Crippen molar-refractivity contribution in [3.8, 4) is 0 Å². The van der Waals surface area contributed by atoms with E-state index in [9.17, 15) is 9.59 Å². The Kier molecular flexibility index (Phi) is 6.78. The fourth-order valence-electron chi connectivity index (χ4n) is 1.53. The van der Waals surface area contributed by atoms with Crippen LogP contribution in [-0.2, 0) is 9.59 Å². The van der Waals surface area contributed by atoms with Gasteiger partial charge in [0.1, 0.15) is 0 Å². The van der Waals surface area contributed by atoms with Gasteiger partial charge in [-0.3, -0.25) is 9.59 Å². The van der Waals surface area contributed by atoms with E-state index in [0.717, 1.165) is 0 Å². The lowest BCUT2D eigenvalue weighted by atomic mass is 10.2. The van der Waals surface area contributed by atoms with Gasteiger partial charge in [-0.1, -0.05) is 23.2 Å². The van der Waals surface area contributed by atoms with Crippen LogP contribution in [0.3, 0.4) is 0 Å². The molecule has 1 aromatic carbocycles. The zero-order valence-corrected chi connectivity index (χ0v) is 12.5. The number of halogens is 2. The summed E-state index contributed by atoms with van der Waals surface area (Å²) in [6, 6.07) is 4.36. The molecule has 0 bridgehead atoms. The zero-order valence-electron chi connectivity index (χ0n) is 11.0. The van der Waals surface area contributed by atoms with Crippen molar-refractivity contribution in [3.05, 3.63) is 28.2 Å². The molecule has 0 aliphatic carbocycles. The Morgan fingerprint density at radius 3 is 2.60 bits per heavy atom. The van der Waals surface area contributed by atoms with Crippen LogP contribution in [0.1, 0.15) is 19.8 Å². The smallest absolute Gasteiger partial charge is 0.313 e. The number of nitrogens with one attached hydrogen (secondary N) is 2. The third-order valence-electron chi connectivity index (χ3n) is 2.56. The van der Waals surface area contributed by atoms with Crippen LogP contribution in [0, 0.1) is 0 Å². The predicted molar refractivity (Wildman–Crippen MR) is 79.0 cm³/mol. The zero-order chi connectivity index (χ0) is 15.1. The van der Waals surface area contributed by atoms with Crippen LogP contribution >= 0.6 is 23.2 Å². The van der Waals surface area contributed by atoms with Gasteiger partial charge in [0, 0.05) is 17.7 Å². The van der Waals surface area contributed by atoms with Crippen molar-refractivity contribution in [1.82, 2.24) is 5.32 Å². The van der Waals surface area contributed by atoms with E-state index in [1.165, 1.54) is 12.1 Å². The molecule has 0 aliphatic heterocycles. The Morgan fingerprint density at radius 1 is 1.30 bits per heavy atom. The highest BCUT2D eigenvalue weighted by molar-refractivity contribution is 6.42. The molecule has 1 aromatic rings. The molecule has 0 heterocycles. The Morgan fingerprint density at radius 2 is 2.00 bits per heavy atom. The van der Waals surface area contributed by atoms with Gasteiger partial charge in [-0.25, -0.2) is 0 Å². The summed E-state index contributed by atoms with van der Waals surface area (Å²) in [6.45, 7) is 1.81. The number of amides is 2. The number of benzene rings is 1. The molecule has 0 fully saturated rings. The maximum absolute atomic E-state index is 11.7. The van der Waals surface area contributed by atoms with Gasteiger partial charge in [0.25, 0.3) is 0 Å². The lowest BCUT2D eigenvalue weighted by Gasteiger charge is -2.13. The molecule has 0 radical (unpaired) electrons. The second-order valence-corrected chi connectivity index (χ2v) is 5.16. The average molecular weight is 319 g/mol. The largest absolute Gasteiger partial charge is 0.396 e. The third kappa shape index (κ3) is 5.36. The summed E-state index contributed by atoms with van der Waals surface area (Å²) < 4.78 is 0. The number of aliphatic hydroxyl groups is 1. The highest BCUT2D eigenvalue weighted by Gasteiger charge is 2.17. The first kappa shape index (κ1) is 16.8. The van der Waals surface area contributed by atoms with Gasteiger partial charge >= 0.3 is 11.8 Å². The van der Waals surface area contributed by atoms with E-state index in [4.69, 9.17) is 28.3 Å². The Labute approximate surface area is 127 Å². The summed E-state index contributed by atoms with van der Waals surface area (Å²) >= 11 is 11.6. The van der Waals surface area contributed by atoms with Gasteiger partial charge in [-0.05, 0) is 38.0 Å². The highest BCUT2D eigenvalue weighted by Crippen LogP contribution is 2.25. The van der Waals surface area contributed by atoms with Crippen molar-refractivity contribution < 1.29 is 14.7 Å². The van der Waals surface area contributed by atoms with Crippen LogP contribution in [0.25, 0.3) is 0 Å². The van der Waals surface area contributed by atoms with Crippen molar-refractivity contribution >= 4 is 40.7 Å². The minimum Gasteiger partial charge on any atom is -0.396 e. The van der Waals surface area contributed by atoms with Crippen molar-refractivity contribution in [1.29, 1.82) is 0 Å². The van der Waals surface area contributed by atoms with Gasteiger partial charge in [0.05, 0.1) is 10.7 Å². The number of aliphatic hydroxyl groups excluding tert-OH is 1. The molecule has 1 rings (SSSR count). The molecule has 2 amide bonds. The topological polar surface area (TPSA) is 78.4 Å². The molecular weight excluding hydrogens is 303 g/mol. The molecule has 0 saturated heterocycles. The van der Waals surface area contributed by atoms with E-state index < -0.39 is 11.8 Å². The molecule has 0 aliphatic rings. The molecule has 3 N–H and O–H groups in total. The van der Waals surface area contributed by atoms with Gasteiger partial charge in [0.2, 0.25) is 0 Å². The molecule has 5 nitrogen and oxygen atoms in total. The van der Waals surface area contributed by atoms with Crippen LogP contribution in [0.15, 0.2) is 18.2 Å². The predicted octanol–water partition coefficient (Wildman–Crippen LogP) is 2.21. The summed E-state index contributed by atoms with van der Waals surface area (Å²) in [5.74, 6) is -1.55. The monoisotopic (exact) mass is 318 g/mol. The van der Waals surface area contributed by atoms with Gasteiger partial charge in [-0.15, -0.1) is 0 Å². The Bertz CT molecular complexity index is 495. The van der Waals surface area contributed by atoms with Crippen LogP contribution in [0.5, 0.6) is 0 Å². The number of carbonyl (C=O) groups excluding carboxylic acids is 2. The average Bonchev–Trinajstić information content (AvgIpc) is 2.39. The van der Waals surface area contributed by atoms with E-state index in [1.54, 1.807) is 13.0 Å². The van der Waals surface area contributed by atoms with Gasteiger partial charge in [0.15, 0.2) is 0 Å². The Balaban J connectivity index is 2.55. The van der Waals surface area contributed by atoms with E-state index in [-0.39, 0.29) is 17.7 Å². The SMILES string of the molecule is CC(CCCO)NC(=O)C(=O)Nc1ccc(Cl)cc1Cl. The van der Waals surface area contributed by atoms with Crippen LogP contribution in [-0.4, -0.2) is 29.6 Å². The van der Waals surface area contributed by atoms with Crippen LogP contribution in [0.4, 0.5) is 5.69 Å². The lowest BCUT2D eigenvalue weighted by Crippen LogP contribution is -2.40. The van der Waals surface area contributed by atoms with Crippen molar-refractivity contribution in [2.45, 2.75) is 25.8 Å². The van der Waals surface area contributed by atoms with Gasteiger partial charge in [-0.2, -0.15) is 0 Å². The van der Waals surface area contributed by atoms with Crippen molar-refractivity contribution in [3.63, 3.8) is 0 Å². The Hall–Kier alpha value is -1.30. The minimum absolute atomic E-state index is 0.0484. The lowest BCUT2D eigenvalue weighted by molar-refractivity contribution is -0.136. The van der Waals surface area contributed by atoms with Gasteiger partial charge < -0.3 is 15.7 Å². The number of hydrogen-bond donors (Lipinski definition) is 3. The molecule has 20 heavy (non-hydrogen) atoms. The fraction of sp³-hybridized carbons (Fsp3) is 0.385. The van der Waals surface area contributed by atoms with E-state index in [1.807, 2.05) is 0 Å². The summed E-state index contributed by atoms with van der Waals surface area (Å²) in [6.07, 6.45) is 1.16. The molecule has 1 atom stereocenters. The van der Waals surface area contributed by atoms with E-state index in [2.05, 4.69) is 10.6 Å². The number of carbonyl (C=O) groups is 2. The van der Waals surface area contributed by atoms with Crippen molar-refractivity contribution in [2.75, 3.05) is 11.9 Å². The molecule has 7 heteroatoms. The van der Waals surface area contributed by atoms with E-state index in [0.29, 0.717) is 23.6 Å². The number of anilines is 1. The van der Waals surface area contributed by atoms with Crippen molar-refractivity contribution in [2.24, 2.45) is 0 Å². The highest BCUT2D eigenvalue weighted by atomic mass is 35.5. The normalized spacial score (nSPS) is 11.8. The second-order valence-electron chi connectivity index (χ2n) is 4.32. The maximum atomic E-state index is 11.7. The summed E-state index contributed by atoms with van der Waals surface area (Å²) in [5.41, 5.74) is 0.319. The molecule has 0 spiro atoms.